The number of hydrogen-bond acceptors (Lipinski definition) is 3. The minimum absolute atomic E-state index is 0.0402. The summed E-state index contributed by atoms with van der Waals surface area (Å²) >= 11 is 0. The molecule has 1 spiro atoms. The van der Waals surface area contributed by atoms with Crippen molar-refractivity contribution in [2.24, 2.45) is 28.6 Å². The van der Waals surface area contributed by atoms with Crippen LogP contribution in [0.3, 0.4) is 0 Å². The largest absolute Gasteiger partial charge is 0.370 e. The highest BCUT2D eigenvalue weighted by atomic mass is 16.7. The van der Waals surface area contributed by atoms with Crippen LogP contribution in [0, 0.1) is 28.6 Å². The van der Waals surface area contributed by atoms with E-state index in [4.69, 9.17) is 14.2 Å². The van der Waals surface area contributed by atoms with E-state index in [1.165, 1.54) is 32.1 Å². The highest BCUT2D eigenvalue weighted by Crippen LogP contribution is 2.72. The Morgan fingerprint density at radius 2 is 1.57 bits per heavy atom. The van der Waals surface area contributed by atoms with Crippen molar-refractivity contribution in [1.82, 2.24) is 0 Å². The highest BCUT2D eigenvalue weighted by Gasteiger charge is 2.73. The molecule has 4 aliphatic carbocycles. The molecule has 0 N–H and O–H groups in total. The van der Waals surface area contributed by atoms with E-state index in [2.05, 4.69) is 27.7 Å². The molecule has 23 heavy (non-hydrogen) atoms. The summed E-state index contributed by atoms with van der Waals surface area (Å²) in [6.45, 7) is 13.0. The average molecular weight is 322 g/mol. The molecule has 5 rings (SSSR count). The molecule has 3 heteroatoms. The van der Waals surface area contributed by atoms with Gasteiger partial charge >= 0.3 is 0 Å². The van der Waals surface area contributed by atoms with Gasteiger partial charge in [0.15, 0.2) is 6.29 Å². The summed E-state index contributed by atoms with van der Waals surface area (Å²) < 4.78 is 18.5. The van der Waals surface area contributed by atoms with Crippen LogP contribution < -0.4 is 0 Å². The molecule has 0 aromatic rings. The van der Waals surface area contributed by atoms with E-state index >= 15 is 0 Å². The monoisotopic (exact) mass is 322 g/mol. The summed E-state index contributed by atoms with van der Waals surface area (Å²) in [6, 6.07) is 0. The second kappa shape index (κ2) is 5.19. The lowest BCUT2D eigenvalue weighted by Gasteiger charge is -2.73. The predicted molar refractivity (Wildman–Crippen MR) is 90.1 cm³/mol. The summed E-state index contributed by atoms with van der Waals surface area (Å²) in [5, 5.41) is 0. The lowest BCUT2D eigenvalue weighted by atomic mass is 9.38. The summed E-state index contributed by atoms with van der Waals surface area (Å²) in [5.74, 6) is 2.25. The summed E-state index contributed by atoms with van der Waals surface area (Å²) in [6.07, 6.45) is 6.79. The fourth-order valence-corrected chi connectivity index (χ4v) is 6.72. The van der Waals surface area contributed by atoms with E-state index in [0.717, 1.165) is 12.5 Å². The van der Waals surface area contributed by atoms with Gasteiger partial charge < -0.3 is 14.2 Å². The number of hydrogen-bond donors (Lipinski definition) is 0. The predicted octanol–water partition coefficient (Wildman–Crippen LogP) is 4.40. The van der Waals surface area contributed by atoms with E-state index in [-0.39, 0.29) is 18.0 Å². The third-order valence-electron chi connectivity index (χ3n) is 7.75. The Balaban J connectivity index is 1.64. The first-order chi connectivity index (χ1) is 10.9. The van der Waals surface area contributed by atoms with Gasteiger partial charge in [-0.15, -0.1) is 0 Å². The van der Waals surface area contributed by atoms with Gasteiger partial charge in [0.1, 0.15) is 11.7 Å². The fraction of sp³-hybridized carbons (Fsp3) is 1.00. The van der Waals surface area contributed by atoms with Crippen LogP contribution in [0.15, 0.2) is 0 Å². The minimum Gasteiger partial charge on any atom is -0.370 e. The second-order valence-corrected chi connectivity index (χ2v) is 9.55. The molecule has 0 radical (unpaired) electrons. The van der Waals surface area contributed by atoms with Crippen LogP contribution in [0.2, 0.25) is 0 Å². The standard InChI is InChI=1S/C20H34O3/c1-6-21-16-17(22-7-2)23-20(16)14-8-13-9-15(20)12-19(10-13,11-14)18(3,4)5/h13-17H,6-12H2,1-5H3/t13?,14-,15+,16-,17+,19?,20?/m0/s1. The summed E-state index contributed by atoms with van der Waals surface area (Å²) in [5.41, 5.74) is 0.876. The molecule has 0 amide bonds. The average Bonchev–Trinajstić information content (AvgIpc) is 2.45. The van der Waals surface area contributed by atoms with Crippen molar-refractivity contribution in [2.45, 2.75) is 84.7 Å². The molecule has 4 bridgehead atoms. The number of rotatable bonds is 4. The van der Waals surface area contributed by atoms with E-state index in [9.17, 15) is 0 Å². The third kappa shape index (κ3) is 2.05. The van der Waals surface area contributed by atoms with E-state index in [0.29, 0.717) is 29.3 Å². The molecule has 1 heterocycles. The van der Waals surface area contributed by atoms with Gasteiger partial charge in [0.25, 0.3) is 0 Å². The molecule has 7 atom stereocenters. The van der Waals surface area contributed by atoms with Crippen LogP contribution in [0.5, 0.6) is 0 Å². The molecule has 5 fully saturated rings. The molecule has 5 aliphatic rings. The normalized spacial score (nSPS) is 51.3. The maximum atomic E-state index is 6.52. The first kappa shape index (κ1) is 16.4. The molecule has 1 saturated heterocycles. The van der Waals surface area contributed by atoms with Crippen LogP contribution in [0.25, 0.3) is 0 Å². The molecule has 3 unspecified atom stereocenters. The lowest BCUT2D eigenvalue weighted by molar-refractivity contribution is -0.435. The number of ether oxygens (including phenoxy) is 3. The van der Waals surface area contributed by atoms with Gasteiger partial charge in [-0.2, -0.15) is 0 Å². The maximum absolute atomic E-state index is 6.52. The van der Waals surface area contributed by atoms with Gasteiger partial charge in [-0.25, -0.2) is 0 Å². The zero-order valence-electron chi connectivity index (χ0n) is 15.6. The first-order valence-corrected chi connectivity index (χ1v) is 9.77. The molecular formula is C20H34O3. The van der Waals surface area contributed by atoms with Crippen molar-refractivity contribution in [2.75, 3.05) is 13.2 Å². The molecule has 0 aromatic carbocycles. The SMILES string of the molecule is CCO[C@@H]1OC2([C@@H]3CC4C[C@H]2CC(C(C)(C)C)(C4)C3)[C@H]1OCC. The molecule has 132 valence electrons. The molecular weight excluding hydrogens is 288 g/mol. The topological polar surface area (TPSA) is 27.7 Å². The van der Waals surface area contributed by atoms with E-state index < -0.39 is 0 Å². The fourth-order valence-electron chi connectivity index (χ4n) is 6.72. The third-order valence-corrected chi connectivity index (χ3v) is 7.75. The Hall–Kier alpha value is -0.120. The Morgan fingerprint density at radius 3 is 2.09 bits per heavy atom. The Kier molecular flexibility index (Phi) is 3.69. The van der Waals surface area contributed by atoms with Gasteiger partial charge in [-0.05, 0) is 74.5 Å². The van der Waals surface area contributed by atoms with Crippen LogP contribution in [0.4, 0.5) is 0 Å². The summed E-state index contributed by atoms with van der Waals surface area (Å²) in [7, 11) is 0. The van der Waals surface area contributed by atoms with Crippen molar-refractivity contribution in [3.63, 3.8) is 0 Å². The first-order valence-electron chi connectivity index (χ1n) is 9.77. The zero-order valence-corrected chi connectivity index (χ0v) is 15.6. The molecule has 3 nitrogen and oxygen atoms in total. The second-order valence-electron chi connectivity index (χ2n) is 9.55. The van der Waals surface area contributed by atoms with Crippen molar-refractivity contribution in [1.29, 1.82) is 0 Å². The van der Waals surface area contributed by atoms with Crippen molar-refractivity contribution < 1.29 is 14.2 Å². The van der Waals surface area contributed by atoms with Crippen molar-refractivity contribution >= 4 is 0 Å². The molecule has 1 aliphatic heterocycles. The quantitative estimate of drug-likeness (QED) is 0.768. The van der Waals surface area contributed by atoms with Gasteiger partial charge in [-0.1, -0.05) is 20.8 Å². The Morgan fingerprint density at radius 1 is 0.957 bits per heavy atom. The Bertz CT molecular complexity index is 450. The van der Waals surface area contributed by atoms with Crippen LogP contribution in [-0.2, 0) is 14.2 Å². The summed E-state index contributed by atoms with van der Waals surface area (Å²) in [4.78, 5) is 0. The molecule has 0 aromatic heterocycles. The van der Waals surface area contributed by atoms with Gasteiger partial charge in [0.2, 0.25) is 0 Å². The van der Waals surface area contributed by atoms with Crippen LogP contribution >= 0.6 is 0 Å². The highest BCUT2D eigenvalue weighted by molar-refractivity contribution is 5.20. The molecule has 4 saturated carbocycles. The van der Waals surface area contributed by atoms with E-state index in [1.54, 1.807) is 0 Å². The van der Waals surface area contributed by atoms with Crippen LogP contribution in [-0.4, -0.2) is 31.2 Å². The smallest absolute Gasteiger partial charge is 0.187 e. The Labute approximate surface area is 141 Å². The van der Waals surface area contributed by atoms with Gasteiger partial charge in [-0.3, -0.25) is 0 Å². The van der Waals surface area contributed by atoms with Crippen LogP contribution in [0.1, 0.15) is 66.7 Å². The van der Waals surface area contributed by atoms with Crippen molar-refractivity contribution in [3.05, 3.63) is 0 Å². The maximum Gasteiger partial charge on any atom is 0.187 e. The van der Waals surface area contributed by atoms with Crippen molar-refractivity contribution in [3.8, 4) is 0 Å². The zero-order chi connectivity index (χ0) is 16.5. The minimum atomic E-state index is -0.136. The lowest BCUT2D eigenvalue weighted by Crippen LogP contribution is -2.78. The van der Waals surface area contributed by atoms with Gasteiger partial charge in [0.05, 0.1) is 0 Å². The van der Waals surface area contributed by atoms with E-state index in [1.807, 2.05) is 6.92 Å². The van der Waals surface area contributed by atoms with Gasteiger partial charge in [0, 0.05) is 13.2 Å².